The van der Waals surface area contributed by atoms with Crippen LogP contribution in [0.25, 0.3) is 5.69 Å². The largest absolute Gasteiger partial charge is 0.388 e. The van der Waals surface area contributed by atoms with Crippen LogP contribution in [-0.2, 0) is 0 Å². The highest BCUT2D eigenvalue weighted by atomic mass is 16.3. The van der Waals surface area contributed by atoms with Crippen molar-refractivity contribution in [3.8, 4) is 5.69 Å². The Morgan fingerprint density at radius 1 is 1.28 bits per heavy atom. The smallest absolute Gasteiger partial charge is 0.253 e. The monoisotopic (exact) mass is 342 g/mol. The zero-order valence-corrected chi connectivity index (χ0v) is 14.9. The lowest BCUT2D eigenvalue weighted by molar-refractivity contribution is 0.00305. The number of likely N-dealkylation sites (tertiary alicyclic amines) is 1. The molecule has 1 N–H and O–H groups in total. The number of amides is 1. The number of aliphatic hydroxyl groups is 1. The summed E-state index contributed by atoms with van der Waals surface area (Å²) in [6.45, 7) is 1.89. The maximum atomic E-state index is 12.9. The van der Waals surface area contributed by atoms with Crippen molar-refractivity contribution in [1.29, 1.82) is 0 Å². The molecule has 2 aromatic rings. The first kappa shape index (κ1) is 17.6. The van der Waals surface area contributed by atoms with Gasteiger partial charge in [-0.1, -0.05) is 6.07 Å². The first-order chi connectivity index (χ1) is 12.0. The fourth-order valence-corrected chi connectivity index (χ4v) is 3.51. The second kappa shape index (κ2) is 7.37. The summed E-state index contributed by atoms with van der Waals surface area (Å²) >= 11 is 0. The number of carbonyl (C=O) groups is 1. The molecular weight excluding hydrogens is 316 g/mol. The van der Waals surface area contributed by atoms with E-state index in [0.717, 1.165) is 18.5 Å². The Balaban J connectivity index is 1.72. The molecule has 1 aromatic heterocycles. The van der Waals surface area contributed by atoms with Crippen molar-refractivity contribution in [3.63, 3.8) is 0 Å². The Bertz CT molecular complexity index is 714. The fourth-order valence-electron chi connectivity index (χ4n) is 3.51. The third-order valence-corrected chi connectivity index (χ3v) is 4.68. The molecular formula is C19H26N4O2. The minimum atomic E-state index is -0.713. The molecule has 1 aliphatic heterocycles. The molecule has 1 aliphatic rings. The number of hydrogen-bond acceptors (Lipinski definition) is 4. The van der Waals surface area contributed by atoms with E-state index in [9.17, 15) is 9.90 Å². The van der Waals surface area contributed by atoms with Crippen LogP contribution in [-0.4, -0.2) is 69.9 Å². The van der Waals surface area contributed by atoms with Crippen molar-refractivity contribution in [2.24, 2.45) is 0 Å². The minimum Gasteiger partial charge on any atom is -0.388 e. The summed E-state index contributed by atoms with van der Waals surface area (Å²) < 4.78 is 1.75. The molecule has 1 amide bonds. The normalized spacial score (nSPS) is 21.4. The number of likely N-dealkylation sites (N-methyl/N-ethyl adjacent to an activating group) is 1. The summed E-state index contributed by atoms with van der Waals surface area (Å²) in [5.41, 5.74) is 0.816. The minimum absolute atomic E-state index is 0.0168. The molecule has 0 saturated carbocycles. The Morgan fingerprint density at radius 3 is 2.84 bits per heavy atom. The van der Waals surface area contributed by atoms with Crippen LogP contribution in [0.2, 0.25) is 0 Å². The van der Waals surface area contributed by atoms with Gasteiger partial charge in [-0.15, -0.1) is 0 Å². The van der Waals surface area contributed by atoms with Gasteiger partial charge >= 0.3 is 0 Å². The molecule has 0 spiro atoms. The second-order valence-corrected chi connectivity index (χ2v) is 7.11. The van der Waals surface area contributed by atoms with Crippen LogP contribution in [0.15, 0.2) is 42.7 Å². The third kappa shape index (κ3) is 4.27. The summed E-state index contributed by atoms with van der Waals surface area (Å²) in [4.78, 5) is 16.8. The van der Waals surface area contributed by atoms with Crippen molar-refractivity contribution in [1.82, 2.24) is 19.6 Å². The maximum absolute atomic E-state index is 12.9. The molecule has 0 radical (unpaired) electrons. The van der Waals surface area contributed by atoms with Gasteiger partial charge in [0.05, 0.1) is 11.3 Å². The van der Waals surface area contributed by atoms with Gasteiger partial charge in [-0.05, 0) is 57.6 Å². The Labute approximate surface area is 148 Å². The number of aromatic nitrogens is 2. The van der Waals surface area contributed by atoms with E-state index in [4.69, 9.17) is 0 Å². The highest BCUT2D eigenvalue weighted by molar-refractivity contribution is 5.94. The Hall–Kier alpha value is -2.18. The van der Waals surface area contributed by atoms with Gasteiger partial charge in [-0.25, -0.2) is 4.68 Å². The van der Waals surface area contributed by atoms with Crippen LogP contribution in [0.5, 0.6) is 0 Å². The highest BCUT2D eigenvalue weighted by Crippen LogP contribution is 2.24. The van der Waals surface area contributed by atoms with Crippen LogP contribution in [0, 0.1) is 0 Å². The zero-order chi connectivity index (χ0) is 17.9. The van der Waals surface area contributed by atoms with Gasteiger partial charge in [-0.2, -0.15) is 5.10 Å². The average molecular weight is 342 g/mol. The predicted octanol–water partition coefficient (Wildman–Crippen LogP) is 1.79. The molecule has 1 atom stereocenters. The van der Waals surface area contributed by atoms with E-state index in [1.54, 1.807) is 10.9 Å². The lowest BCUT2D eigenvalue weighted by atomic mass is 9.94. The van der Waals surface area contributed by atoms with E-state index >= 15 is 0 Å². The van der Waals surface area contributed by atoms with Crippen LogP contribution in [0.3, 0.4) is 0 Å². The van der Waals surface area contributed by atoms with E-state index in [0.29, 0.717) is 31.6 Å². The molecule has 0 bridgehead atoms. The van der Waals surface area contributed by atoms with Crippen molar-refractivity contribution in [2.45, 2.75) is 24.9 Å². The molecule has 134 valence electrons. The third-order valence-electron chi connectivity index (χ3n) is 4.68. The van der Waals surface area contributed by atoms with Gasteiger partial charge in [0.25, 0.3) is 5.91 Å². The Morgan fingerprint density at radius 2 is 2.12 bits per heavy atom. The number of nitrogens with zero attached hydrogens (tertiary/aromatic N) is 4. The van der Waals surface area contributed by atoms with Crippen LogP contribution in [0.4, 0.5) is 0 Å². The van der Waals surface area contributed by atoms with Crippen molar-refractivity contribution in [3.05, 3.63) is 48.3 Å². The highest BCUT2D eigenvalue weighted by Gasteiger charge is 2.32. The van der Waals surface area contributed by atoms with Gasteiger partial charge in [0.1, 0.15) is 0 Å². The van der Waals surface area contributed by atoms with Crippen molar-refractivity contribution >= 4 is 5.91 Å². The molecule has 1 unspecified atom stereocenters. The lowest BCUT2D eigenvalue weighted by Gasteiger charge is -2.30. The summed E-state index contributed by atoms with van der Waals surface area (Å²) in [6.07, 6.45) is 5.72. The SMILES string of the molecule is CN(C)CC1(O)CCCN(C(=O)c2cccc(-n3cccn3)c2)CC1. The first-order valence-electron chi connectivity index (χ1n) is 8.73. The van der Waals surface area contributed by atoms with E-state index in [1.807, 2.05) is 60.4 Å². The van der Waals surface area contributed by atoms with Crippen LogP contribution in [0.1, 0.15) is 29.6 Å². The number of rotatable bonds is 4. The fraction of sp³-hybridized carbons (Fsp3) is 0.474. The first-order valence-corrected chi connectivity index (χ1v) is 8.73. The van der Waals surface area contributed by atoms with Crippen molar-refractivity contribution in [2.75, 3.05) is 33.7 Å². The summed E-state index contributed by atoms with van der Waals surface area (Å²) in [5, 5.41) is 15.0. The van der Waals surface area contributed by atoms with Gasteiger partial charge in [-0.3, -0.25) is 4.79 Å². The molecule has 6 heteroatoms. The van der Waals surface area contributed by atoms with Crippen molar-refractivity contribution < 1.29 is 9.90 Å². The van der Waals surface area contributed by atoms with Gasteiger partial charge < -0.3 is 14.9 Å². The van der Waals surface area contributed by atoms with Gasteiger partial charge in [0, 0.05) is 37.6 Å². The molecule has 0 aliphatic carbocycles. The summed E-state index contributed by atoms with van der Waals surface area (Å²) in [5.74, 6) is 0.0168. The lowest BCUT2D eigenvalue weighted by Crippen LogP contribution is -2.41. The van der Waals surface area contributed by atoms with Gasteiger partial charge in [0.2, 0.25) is 0 Å². The summed E-state index contributed by atoms with van der Waals surface area (Å²) in [6, 6.07) is 9.37. The molecule has 1 saturated heterocycles. The van der Waals surface area contributed by atoms with E-state index in [2.05, 4.69) is 5.10 Å². The summed E-state index contributed by atoms with van der Waals surface area (Å²) in [7, 11) is 3.93. The maximum Gasteiger partial charge on any atom is 0.253 e. The van der Waals surface area contributed by atoms with E-state index < -0.39 is 5.60 Å². The van der Waals surface area contributed by atoms with Crippen LogP contribution < -0.4 is 0 Å². The number of carbonyl (C=O) groups excluding carboxylic acids is 1. The standard InChI is InChI=1S/C19H26N4O2/c1-21(2)15-19(25)8-4-11-22(13-9-19)18(24)16-6-3-7-17(14-16)23-12-5-10-20-23/h3,5-7,10,12,14,25H,4,8-9,11,13,15H2,1-2H3. The molecule has 1 fully saturated rings. The molecule has 25 heavy (non-hydrogen) atoms. The second-order valence-electron chi connectivity index (χ2n) is 7.11. The van der Waals surface area contributed by atoms with E-state index in [-0.39, 0.29) is 5.91 Å². The molecule has 2 heterocycles. The molecule has 1 aromatic carbocycles. The predicted molar refractivity (Wildman–Crippen MR) is 96.8 cm³/mol. The quantitative estimate of drug-likeness (QED) is 0.920. The topological polar surface area (TPSA) is 61.6 Å². The van der Waals surface area contributed by atoms with Gasteiger partial charge in [0.15, 0.2) is 0 Å². The molecule has 6 nitrogen and oxygen atoms in total. The van der Waals surface area contributed by atoms with E-state index in [1.165, 1.54) is 0 Å². The number of benzene rings is 1. The van der Waals surface area contributed by atoms with Crippen LogP contribution >= 0.6 is 0 Å². The molecule has 3 rings (SSSR count). The number of hydrogen-bond donors (Lipinski definition) is 1. The Kier molecular flexibility index (Phi) is 5.20. The zero-order valence-electron chi connectivity index (χ0n) is 14.9. The average Bonchev–Trinajstić information content (AvgIpc) is 3.05.